The molecule has 0 aliphatic carbocycles. The Morgan fingerprint density at radius 2 is 1.76 bits per heavy atom. The van der Waals surface area contributed by atoms with Gasteiger partial charge in [0.1, 0.15) is 11.3 Å². The van der Waals surface area contributed by atoms with Crippen molar-refractivity contribution in [2.24, 2.45) is 0 Å². The van der Waals surface area contributed by atoms with E-state index in [4.69, 9.17) is 14.0 Å². The van der Waals surface area contributed by atoms with Crippen molar-refractivity contribution in [3.8, 4) is 11.7 Å². The molecule has 0 saturated carbocycles. The number of benzene rings is 3. The predicted molar refractivity (Wildman–Crippen MR) is 130 cm³/mol. The van der Waals surface area contributed by atoms with E-state index in [0.717, 1.165) is 40.7 Å². The van der Waals surface area contributed by atoms with Crippen molar-refractivity contribution in [2.75, 3.05) is 37.0 Å². The third kappa shape index (κ3) is 2.58. The Hall–Kier alpha value is -4.00. The molecule has 0 N–H and O–H groups in total. The summed E-state index contributed by atoms with van der Waals surface area (Å²) in [7, 11) is 3.75. The van der Waals surface area contributed by atoms with E-state index in [1.165, 1.54) is 0 Å². The molecule has 1 aromatic heterocycles. The fraction of sp³-hybridized carbons (Fsp3) is 0.259. The molecule has 0 fully saturated rings. The number of rotatable bonds is 4. The van der Waals surface area contributed by atoms with Crippen LogP contribution in [0.25, 0.3) is 10.8 Å². The SMILES string of the molecule is CCN(CC)c1ccc2c3c(ccc2c1)C1(OC(=O)c2ccccc21)c1c(N(C)C)noc1O3. The van der Waals surface area contributed by atoms with E-state index in [1.54, 1.807) is 6.07 Å². The minimum Gasteiger partial charge on any atom is -0.440 e. The normalized spacial score (nSPS) is 17.7. The first-order valence-corrected chi connectivity index (χ1v) is 11.5. The zero-order valence-corrected chi connectivity index (χ0v) is 19.6. The summed E-state index contributed by atoms with van der Waals surface area (Å²) in [6, 6.07) is 17.9. The predicted octanol–water partition coefficient (Wildman–Crippen LogP) is 5.31. The van der Waals surface area contributed by atoms with Crippen LogP contribution in [0.5, 0.6) is 11.7 Å². The topological polar surface area (TPSA) is 68.0 Å². The summed E-state index contributed by atoms with van der Waals surface area (Å²) in [6.45, 7) is 6.14. The molecule has 34 heavy (non-hydrogen) atoms. The molecule has 0 bridgehead atoms. The lowest BCUT2D eigenvalue weighted by Gasteiger charge is -2.35. The summed E-state index contributed by atoms with van der Waals surface area (Å²) in [5, 5.41) is 6.22. The number of nitrogens with zero attached hydrogens (tertiary/aromatic N) is 3. The first-order valence-electron chi connectivity index (χ1n) is 11.5. The highest BCUT2D eigenvalue weighted by Gasteiger charge is 2.57. The van der Waals surface area contributed by atoms with Gasteiger partial charge in [0.25, 0.3) is 0 Å². The Bertz CT molecular complexity index is 1450. The standard InChI is InChI=1S/C27H25N3O4/c1-5-30(6-2)17-12-13-18-16(15-17)11-14-21-23(18)32-26-22(24(28-34-26)29(3)4)27(21)20-10-8-7-9-19(20)25(31)33-27/h7-15H,5-6H2,1-4H3. The van der Waals surface area contributed by atoms with Gasteiger partial charge in [0, 0.05) is 49.4 Å². The summed E-state index contributed by atoms with van der Waals surface area (Å²) < 4.78 is 18.3. The van der Waals surface area contributed by atoms with Crippen molar-refractivity contribution in [1.29, 1.82) is 0 Å². The van der Waals surface area contributed by atoms with Gasteiger partial charge in [-0.05, 0) is 49.6 Å². The van der Waals surface area contributed by atoms with E-state index in [0.29, 0.717) is 22.7 Å². The molecule has 1 atom stereocenters. The van der Waals surface area contributed by atoms with Crippen LogP contribution in [0.3, 0.4) is 0 Å². The highest BCUT2D eigenvalue weighted by Crippen LogP contribution is 2.59. The number of ether oxygens (including phenoxy) is 2. The molecule has 6 rings (SSSR count). The monoisotopic (exact) mass is 455 g/mol. The number of hydrogen-bond acceptors (Lipinski definition) is 7. The van der Waals surface area contributed by atoms with Gasteiger partial charge in [0.2, 0.25) is 5.60 Å². The van der Waals surface area contributed by atoms with Crippen LogP contribution in [0.2, 0.25) is 0 Å². The average molecular weight is 456 g/mol. The second-order valence-corrected chi connectivity index (χ2v) is 8.80. The van der Waals surface area contributed by atoms with Gasteiger partial charge in [-0.1, -0.05) is 29.4 Å². The van der Waals surface area contributed by atoms with E-state index >= 15 is 0 Å². The molecule has 1 spiro atoms. The first-order chi connectivity index (χ1) is 16.5. The van der Waals surface area contributed by atoms with E-state index < -0.39 is 5.60 Å². The fourth-order valence-electron chi connectivity index (χ4n) is 5.23. The van der Waals surface area contributed by atoms with Crippen molar-refractivity contribution in [2.45, 2.75) is 19.4 Å². The van der Waals surface area contributed by atoms with Crippen LogP contribution in [-0.4, -0.2) is 38.3 Å². The van der Waals surface area contributed by atoms with Gasteiger partial charge in [-0.15, -0.1) is 0 Å². The average Bonchev–Trinajstić information content (AvgIpc) is 3.40. The van der Waals surface area contributed by atoms with Crippen molar-refractivity contribution in [3.05, 3.63) is 76.9 Å². The number of aromatic nitrogens is 1. The largest absolute Gasteiger partial charge is 0.440 e. The Labute approximate surface area is 197 Å². The molecular weight excluding hydrogens is 430 g/mol. The van der Waals surface area contributed by atoms with Gasteiger partial charge in [-0.25, -0.2) is 4.79 Å². The van der Waals surface area contributed by atoms with Crippen LogP contribution in [0.4, 0.5) is 11.5 Å². The van der Waals surface area contributed by atoms with Crippen LogP contribution in [0.15, 0.2) is 59.1 Å². The molecule has 1 unspecified atom stereocenters. The maximum atomic E-state index is 13.1. The van der Waals surface area contributed by atoms with Gasteiger partial charge in [-0.3, -0.25) is 0 Å². The highest BCUT2D eigenvalue weighted by molar-refractivity contribution is 5.99. The Morgan fingerprint density at radius 3 is 2.53 bits per heavy atom. The number of fused-ring (bicyclic) bond motifs is 8. The third-order valence-electron chi connectivity index (χ3n) is 6.85. The van der Waals surface area contributed by atoms with E-state index in [9.17, 15) is 4.79 Å². The maximum absolute atomic E-state index is 13.1. The number of anilines is 2. The zero-order chi connectivity index (χ0) is 23.6. The maximum Gasteiger partial charge on any atom is 0.340 e. The van der Waals surface area contributed by atoms with Crippen molar-refractivity contribution in [1.82, 2.24) is 5.16 Å². The lowest BCUT2D eigenvalue weighted by atomic mass is 9.78. The molecule has 4 aromatic rings. The number of esters is 1. The van der Waals surface area contributed by atoms with Crippen LogP contribution >= 0.6 is 0 Å². The second kappa shape index (κ2) is 7.25. The van der Waals surface area contributed by atoms with Crippen molar-refractivity contribution in [3.63, 3.8) is 0 Å². The third-order valence-corrected chi connectivity index (χ3v) is 6.85. The second-order valence-electron chi connectivity index (χ2n) is 8.80. The van der Waals surface area contributed by atoms with Gasteiger partial charge in [-0.2, -0.15) is 0 Å². The summed E-state index contributed by atoms with van der Waals surface area (Å²) in [5.74, 6) is 1.03. The zero-order valence-electron chi connectivity index (χ0n) is 19.6. The number of carbonyl (C=O) groups excluding carboxylic acids is 1. The summed E-state index contributed by atoms with van der Waals surface area (Å²) in [5.41, 5.74) is 2.59. The molecule has 0 amide bonds. The van der Waals surface area contributed by atoms with E-state index in [2.05, 4.69) is 48.2 Å². The summed E-state index contributed by atoms with van der Waals surface area (Å²) in [6.07, 6.45) is 0. The van der Waals surface area contributed by atoms with E-state index in [-0.39, 0.29) is 11.9 Å². The van der Waals surface area contributed by atoms with E-state index in [1.807, 2.05) is 43.3 Å². The lowest BCUT2D eigenvalue weighted by molar-refractivity contribution is 0.0217. The van der Waals surface area contributed by atoms with Crippen LogP contribution in [-0.2, 0) is 10.3 Å². The summed E-state index contributed by atoms with van der Waals surface area (Å²) >= 11 is 0. The van der Waals surface area contributed by atoms with Gasteiger partial charge < -0.3 is 23.8 Å². The van der Waals surface area contributed by atoms with Crippen LogP contribution < -0.4 is 14.5 Å². The van der Waals surface area contributed by atoms with Gasteiger partial charge in [0.15, 0.2) is 5.82 Å². The molecule has 7 nitrogen and oxygen atoms in total. The minimum absolute atomic E-state index is 0.237. The fourth-order valence-corrected chi connectivity index (χ4v) is 5.23. The molecule has 2 aliphatic rings. The smallest absolute Gasteiger partial charge is 0.340 e. The Kier molecular flexibility index (Phi) is 4.39. The first kappa shape index (κ1) is 20.6. The van der Waals surface area contributed by atoms with Gasteiger partial charge in [0.05, 0.1) is 5.56 Å². The van der Waals surface area contributed by atoms with Crippen LogP contribution in [0, 0.1) is 0 Å². The molecule has 2 aliphatic heterocycles. The Balaban J connectivity index is 1.66. The van der Waals surface area contributed by atoms with Crippen LogP contribution in [0.1, 0.15) is 40.9 Å². The molecule has 0 radical (unpaired) electrons. The molecule has 7 heteroatoms. The number of hydrogen-bond donors (Lipinski definition) is 0. The molecule has 3 heterocycles. The highest BCUT2D eigenvalue weighted by atomic mass is 16.6. The van der Waals surface area contributed by atoms with Gasteiger partial charge >= 0.3 is 11.9 Å². The minimum atomic E-state index is -1.21. The molecule has 3 aromatic carbocycles. The molecule has 0 saturated heterocycles. The molecule has 172 valence electrons. The number of carbonyl (C=O) groups is 1. The lowest BCUT2D eigenvalue weighted by Crippen LogP contribution is -2.34. The molecular formula is C27H25N3O4. The van der Waals surface area contributed by atoms with Crippen molar-refractivity contribution >= 4 is 28.2 Å². The Morgan fingerprint density at radius 1 is 0.971 bits per heavy atom. The summed E-state index contributed by atoms with van der Waals surface area (Å²) in [4.78, 5) is 17.2. The quantitative estimate of drug-likeness (QED) is 0.386. The van der Waals surface area contributed by atoms with Crippen molar-refractivity contribution < 1.29 is 18.8 Å².